The number of anilines is 2. The molecule has 296 valence electrons. The molecule has 0 radical (unpaired) electrons. The minimum Gasteiger partial charge on any atom is -0.454 e. The summed E-state index contributed by atoms with van der Waals surface area (Å²) in [6, 6.07) is 10.1. The Morgan fingerprint density at radius 2 is 1.89 bits per heavy atom. The SMILES string of the molecule is CC(=O)O[C@@H]1C(C)=C[C@@H]2[C@H]([C@@H](C)CN3CCN(c4nc5ccc(Cl)cc5s4)CC3)CC[C@@H](C)[C@]2(O)[C@H]1OC(=O)[C@@H]1C[C@@]2(O)c3cccc(Cl)c3N(C)O[C@H]2N1. The summed E-state index contributed by atoms with van der Waals surface area (Å²) >= 11 is 14.4. The first-order valence-electron chi connectivity index (χ1n) is 19.2. The van der Waals surface area contributed by atoms with Crippen LogP contribution in [0.1, 0.15) is 52.5 Å². The highest BCUT2D eigenvalue weighted by Gasteiger charge is 2.62. The van der Waals surface area contributed by atoms with Crippen molar-refractivity contribution in [2.45, 2.75) is 82.6 Å². The van der Waals surface area contributed by atoms with Crippen molar-refractivity contribution >= 4 is 67.5 Å². The van der Waals surface area contributed by atoms with E-state index >= 15 is 0 Å². The maximum atomic E-state index is 14.2. The average molecular weight is 815 g/mol. The van der Waals surface area contributed by atoms with Crippen molar-refractivity contribution in [1.29, 1.82) is 0 Å². The number of hydroxylamine groups is 1. The van der Waals surface area contributed by atoms with Gasteiger partial charge in [-0.25, -0.2) is 4.98 Å². The Morgan fingerprint density at radius 3 is 2.64 bits per heavy atom. The zero-order chi connectivity index (χ0) is 39.0. The molecule has 2 aromatic carbocycles. The number of nitrogens with zero attached hydrogens (tertiary/aromatic N) is 4. The molecule has 10 atom stereocenters. The molecule has 3 aromatic rings. The monoisotopic (exact) mass is 813 g/mol. The number of benzene rings is 2. The van der Waals surface area contributed by atoms with Crippen LogP contribution in [0.3, 0.4) is 0 Å². The topological polar surface area (TPSA) is 137 Å². The van der Waals surface area contributed by atoms with Crippen LogP contribution in [0.4, 0.5) is 10.8 Å². The fourth-order valence-corrected chi connectivity index (χ4v) is 11.4. The van der Waals surface area contributed by atoms with Gasteiger partial charge in [-0.2, -0.15) is 0 Å². The summed E-state index contributed by atoms with van der Waals surface area (Å²) in [7, 11) is 1.69. The molecule has 5 aliphatic rings. The van der Waals surface area contributed by atoms with E-state index in [0.29, 0.717) is 27.7 Å². The first kappa shape index (κ1) is 38.8. The third kappa shape index (κ3) is 6.82. The molecule has 8 rings (SSSR count). The van der Waals surface area contributed by atoms with Crippen LogP contribution in [0.2, 0.25) is 10.0 Å². The van der Waals surface area contributed by atoms with E-state index < -0.39 is 47.6 Å². The van der Waals surface area contributed by atoms with E-state index in [2.05, 4.69) is 28.1 Å². The molecule has 1 saturated carbocycles. The molecule has 4 heterocycles. The Labute approximate surface area is 335 Å². The maximum absolute atomic E-state index is 14.2. The standard InChI is InChI=1S/C40H49Cl2N5O7S/c1-21-17-28-26(22(2)20-46-13-15-47(16-14-46)38-44-30-12-10-25(41)18-32(30)55-38)11-9-23(3)40(28,51)35(34(21)52-24(4)48)53-36(49)31-19-39(50)27-7-6-8-29(42)33(27)45(5)54-37(39)43-31/h6-8,10,12,17-18,22-23,26,28,31,34-35,37,43,50-51H,9,11,13-16,19-20H2,1-5H3/t22-,23+,26-,28+,31-,34+,35-,37+,39+,40+/m0/s1. The molecule has 0 spiro atoms. The summed E-state index contributed by atoms with van der Waals surface area (Å²) in [5.41, 5.74) is -0.324. The van der Waals surface area contributed by atoms with Gasteiger partial charge in [0.1, 0.15) is 17.2 Å². The summed E-state index contributed by atoms with van der Waals surface area (Å²) in [6.45, 7) is 11.8. The lowest BCUT2D eigenvalue weighted by Gasteiger charge is -2.56. The van der Waals surface area contributed by atoms with Gasteiger partial charge in [0.05, 0.1) is 20.9 Å². The lowest BCUT2D eigenvalue weighted by Crippen LogP contribution is -2.66. The van der Waals surface area contributed by atoms with Crippen LogP contribution in [-0.2, 0) is 29.5 Å². The van der Waals surface area contributed by atoms with Crippen molar-refractivity contribution in [3.8, 4) is 0 Å². The second kappa shape index (κ2) is 14.7. The Kier molecular flexibility index (Phi) is 10.4. The molecule has 12 nitrogen and oxygen atoms in total. The Hall–Kier alpha value is -3.01. The van der Waals surface area contributed by atoms with Crippen molar-refractivity contribution in [2.75, 3.05) is 49.7 Å². The van der Waals surface area contributed by atoms with E-state index in [9.17, 15) is 19.8 Å². The number of fused-ring (bicyclic) bond motifs is 5. The number of rotatable bonds is 7. The summed E-state index contributed by atoms with van der Waals surface area (Å²) in [5, 5.41) is 31.6. The van der Waals surface area contributed by atoms with Gasteiger partial charge in [0.25, 0.3) is 0 Å². The fourth-order valence-electron chi connectivity index (χ4n) is 9.85. The number of hydrogen-bond donors (Lipinski definition) is 3. The number of thiazole rings is 1. The number of aromatic nitrogens is 1. The first-order valence-corrected chi connectivity index (χ1v) is 20.7. The molecule has 3 fully saturated rings. The van der Waals surface area contributed by atoms with Crippen molar-refractivity contribution in [2.24, 2.45) is 23.7 Å². The van der Waals surface area contributed by atoms with Gasteiger partial charge in [-0.3, -0.25) is 29.7 Å². The number of aliphatic hydroxyl groups is 2. The number of esters is 2. The molecule has 2 aliphatic carbocycles. The predicted octanol–water partition coefficient (Wildman–Crippen LogP) is 5.52. The molecule has 2 saturated heterocycles. The van der Waals surface area contributed by atoms with Gasteiger partial charge in [0, 0.05) is 69.6 Å². The highest BCUT2D eigenvalue weighted by Crippen LogP contribution is 2.53. The Balaban J connectivity index is 0.993. The predicted molar refractivity (Wildman–Crippen MR) is 212 cm³/mol. The lowest BCUT2D eigenvalue weighted by molar-refractivity contribution is -0.225. The third-order valence-corrected chi connectivity index (χ3v) is 14.4. The lowest BCUT2D eigenvalue weighted by atomic mass is 9.55. The normalized spacial score (nSPS) is 34.1. The van der Waals surface area contributed by atoms with Crippen molar-refractivity contribution in [3.63, 3.8) is 0 Å². The second-order valence-electron chi connectivity index (χ2n) is 16.2. The largest absolute Gasteiger partial charge is 0.454 e. The van der Waals surface area contributed by atoms with Gasteiger partial charge in [0.2, 0.25) is 0 Å². The van der Waals surface area contributed by atoms with Crippen molar-refractivity contribution in [3.05, 3.63) is 63.7 Å². The van der Waals surface area contributed by atoms with Crippen LogP contribution in [0.15, 0.2) is 48.0 Å². The Morgan fingerprint density at radius 1 is 1.13 bits per heavy atom. The van der Waals surface area contributed by atoms with Gasteiger partial charge in [0.15, 0.2) is 23.6 Å². The van der Waals surface area contributed by atoms with Crippen LogP contribution < -0.4 is 15.3 Å². The third-order valence-electron chi connectivity index (χ3n) is 12.8. The first-order chi connectivity index (χ1) is 26.2. The van der Waals surface area contributed by atoms with Gasteiger partial charge in [-0.05, 0) is 67.4 Å². The molecule has 1 aromatic heterocycles. The van der Waals surface area contributed by atoms with Gasteiger partial charge < -0.3 is 24.6 Å². The second-order valence-corrected chi connectivity index (χ2v) is 18.0. The number of nitrogens with one attached hydrogen (secondary N) is 1. The molecule has 55 heavy (non-hydrogen) atoms. The molecule has 3 aliphatic heterocycles. The molecule has 0 amide bonds. The maximum Gasteiger partial charge on any atom is 0.323 e. The smallest absolute Gasteiger partial charge is 0.323 e. The molecule has 3 N–H and O–H groups in total. The van der Waals surface area contributed by atoms with E-state index in [4.69, 9.17) is 42.5 Å². The zero-order valence-electron chi connectivity index (χ0n) is 31.7. The van der Waals surface area contributed by atoms with Crippen LogP contribution in [0, 0.1) is 23.7 Å². The van der Waals surface area contributed by atoms with Crippen molar-refractivity contribution in [1.82, 2.24) is 15.2 Å². The van der Waals surface area contributed by atoms with E-state index in [1.165, 1.54) is 12.0 Å². The molecular formula is C40H49Cl2N5O7S. The quantitative estimate of drug-likeness (QED) is 0.205. The number of carbonyl (C=O) groups excluding carboxylic acids is 2. The Bertz CT molecular complexity index is 2010. The minimum atomic E-state index is -1.57. The average Bonchev–Trinajstić information content (AvgIpc) is 3.72. The fraction of sp³-hybridized carbons (Fsp3) is 0.575. The molecular weight excluding hydrogens is 765 g/mol. The summed E-state index contributed by atoms with van der Waals surface area (Å²) in [6.07, 6.45) is 0.538. The van der Waals surface area contributed by atoms with Crippen LogP contribution in [0.25, 0.3) is 10.2 Å². The minimum absolute atomic E-state index is 0.0465. The van der Waals surface area contributed by atoms with E-state index in [1.54, 1.807) is 36.6 Å². The molecule has 0 unspecified atom stereocenters. The van der Waals surface area contributed by atoms with Gasteiger partial charge in [-0.15, -0.1) is 0 Å². The van der Waals surface area contributed by atoms with E-state index in [-0.39, 0.29) is 30.1 Å². The number of carbonyl (C=O) groups is 2. The van der Waals surface area contributed by atoms with Gasteiger partial charge >= 0.3 is 11.9 Å². The molecule has 15 heteroatoms. The number of para-hydroxylation sites is 1. The van der Waals surface area contributed by atoms with Crippen LogP contribution in [-0.4, -0.2) is 102 Å². The number of ether oxygens (including phenoxy) is 2. The summed E-state index contributed by atoms with van der Waals surface area (Å²) in [4.78, 5) is 42.4. The summed E-state index contributed by atoms with van der Waals surface area (Å²) in [5.74, 6) is -1.52. The highest BCUT2D eigenvalue weighted by atomic mass is 35.5. The number of piperazine rings is 1. The van der Waals surface area contributed by atoms with E-state index in [0.717, 1.165) is 60.1 Å². The molecule has 0 bridgehead atoms. The highest BCUT2D eigenvalue weighted by molar-refractivity contribution is 7.22. The van der Waals surface area contributed by atoms with Gasteiger partial charge in [-0.1, -0.05) is 66.6 Å². The summed E-state index contributed by atoms with van der Waals surface area (Å²) < 4.78 is 13.3. The number of hydrogen-bond acceptors (Lipinski definition) is 13. The van der Waals surface area contributed by atoms with Crippen LogP contribution >= 0.6 is 34.5 Å². The number of halogens is 2. The van der Waals surface area contributed by atoms with Crippen molar-refractivity contribution < 1.29 is 34.1 Å². The van der Waals surface area contributed by atoms with Crippen LogP contribution in [0.5, 0.6) is 0 Å². The van der Waals surface area contributed by atoms with E-state index in [1.807, 2.05) is 32.0 Å². The zero-order valence-corrected chi connectivity index (χ0v) is 34.0.